The predicted molar refractivity (Wildman–Crippen MR) is 233 cm³/mol. The molecule has 1 heterocycles. The lowest BCUT2D eigenvalue weighted by molar-refractivity contribution is -0.253. The molecule has 0 aliphatic carbocycles. The zero-order chi connectivity index (χ0) is 41.6. The normalized spacial score (nSPS) is 17.6. The van der Waals surface area contributed by atoms with Crippen LogP contribution in [0.5, 0.6) is 0 Å². The van der Waals surface area contributed by atoms with E-state index in [0.717, 1.165) is 64.6 Å². The SMILES string of the molecule is C[C@H]([C@@H](O)c1ccccc1)N(C)C[C@H]1C[C@@H](c2ccc(CO)cc2)O[C@@H](c2ccc(-c3cccc(CNC(=O)CCCCCCC(=O)Nc4ccccc4N)c3)cc2)O1. The van der Waals surface area contributed by atoms with Crippen molar-refractivity contribution in [3.05, 3.63) is 155 Å². The molecule has 0 aromatic heterocycles. The zero-order valence-electron chi connectivity index (χ0n) is 34.1. The van der Waals surface area contributed by atoms with Gasteiger partial charge in [0.05, 0.1) is 36.3 Å². The van der Waals surface area contributed by atoms with Gasteiger partial charge in [0.1, 0.15) is 0 Å². The maximum Gasteiger partial charge on any atom is 0.224 e. The van der Waals surface area contributed by atoms with Gasteiger partial charge in [-0.3, -0.25) is 14.5 Å². The Morgan fingerprint density at radius 3 is 2.15 bits per heavy atom. The minimum absolute atomic E-state index is 0.0125. The zero-order valence-corrected chi connectivity index (χ0v) is 34.1. The molecule has 2 amide bonds. The van der Waals surface area contributed by atoms with Crippen LogP contribution in [0.15, 0.2) is 127 Å². The lowest BCUT2D eigenvalue weighted by Gasteiger charge is -2.39. The number of para-hydroxylation sites is 2. The Morgan fingerprint density at radius 1 is 0.763 bits per heavy atom. The van der Waals surface area contributed by atoms with Gasteiger partial charge in [-0.05, 0) is 78.4 Å². The molecule has 6 rings (SSSR count). The van der Waals surface area contributed by atoms with Crippen molar-refractivity contribution in [3.63, 3.8) is 0 Å². The van der Waals surface area contributed by atoms with E-state index in [4.69, 9.17) is 15.2 Å². The van der Waals surface area contributed by atoms with Crippen molar-refractivity contribution in [1.82, 2.24) is 10.2 Å². The highest BCUT2D eigenvalue weighted by Gasteiger charge is 2.34. The van der Waals surface area contributed by atoms with Crippen LogP contribution < -0.4 is 16.4 Å². The van der Waals surface area contributed by atoms with Crippen molar-refractivity contribution in [2.24, 2.45) is 0 Å². The summed E-state index contributed by atoms with van der Waals surface area (Å²) in [6, 6.07) is 41.1. The number of carbonyl (C=O) groups excluding carboxylic acids is 2. The Labute approximate surface area is 348 Å². The van der Waals surface area contributed by atoms with Crippen LogP contribution in [0.2, 0.25) is 0 Å². The molecular formula is C49H58N4O6. The largest absolute Gasteiger partial charge is 0.397 e. The molecule has 6 N–H and O–H groups in total. The molecule has 1 aliphatic rings. The number of aliphatic hydroxyl groups is 2. The number of amides is 2. The summed E-state index contributed by atoms with van der Waals surface area (Å²) in [5, 5.41) is 26.7. The second-order valence-corrected chi connectivity index (χ2v) is 15.5. The van der Waals surface area contributed by atoms with Crippen LogP contribution in [0.4, 0.5) is 11.4 Å². The van der Waals surface area contributed by atoms with Crippen molar-refractivity contribution in [1.29, 1.82) is 0 Å². The van der Waals surface area contributed by atoms with Gasteiger partial charge in [-0.2, -0.15) is 0 Å². The molecule has 5 aromatic rings. The Morgan fingerprint density at radius 2 is 1.44 bits per heavy atom. The molecule has 59 heavy (non-hydrogen) atoms. The molecule has 310 valence electrons. The van der Waals surface area contributed by atoms with Crippen LogP contribution in [0, 0.1) is 0 Å². The van der Waals surface area contributed by atoms with Gasteiger partial charge in [-0.25, -0.2) is 0 Å². The molecule has 10 heteroatoms. The number of nitrogens with zero attached hydrogens (tertiary/aromatic N) is 1. The van der Waals surface area contributed by atoms with Crippen molar-refractivity contribution < 1.29 is 29.3 Å². The molecule has 0 radical (unpaired) electrons. The fourth-order valence-electron chi connectivity index (χ4n) is 7.42. The van der Waals surface area contributed by atoms with Crippen molar-refractivity contribution in [2.75, 3.05) is 24.6 Å². The Bertz CT molecular complexity index is 2080. The topological polar surface area (TPSA) is 146 Å². The molecule has 1 saturated heterocycles. The minimum Gasteiger partial charge on any atom is -0.397 e. The third kappa shape index (κ3) is 12.6. The highest BCUT2D eigenvalue weighted by Crippen LogP contribution is 2.39. The third-order valence-corrected chi connectivity index (χ3v) is 11.1. The maximum atomic E-state index is 12.6. The number of benzene rings is 5. The van der Waals surface area contributed by atoms with E-state index in [1.807, 2.05) is 105 Å². The Balaban J connectivity index is 1.00. The van der Waals surface area contributed by atoms with Gasteiger partial charge in [0.2, 0.25) is 11.8 Å². The first-order valence-corrected chi connectivity index (χ1v) is 20.7. The molecule has 5 atom stereocenters. The molecule has 1 aliphatic heterocycles. The molecule has 0 bridgehead atoms. The summed E-state index contributed by atoms with van der Waals surface area (Å²) in [6.45, 7) is 3.05. The number of carbonyl (C=O) groups is 2. The third-order valence-electron chi connectivity index (χ3n) is 11.1. The number of anilines is 2. The van der Waals surface area contributed by atoms with Crippen molar-refractivity contribution in [3.8, 4) is 11.1 Å². The molecule has 0 spiro atoms. The molecule has 1 fully saturated rings. The number of unbranched alkanes of at least 4 members (excludes halogenated alkanes) is 3. The van der Waals surface area contributed by atoms with Crippen LogP contribution >= 0.6 is 0 Å². The average Bonchev–Trinajstić information content (AvgIpc) is 3.27. The second kappa shape index (κ2) is 21.6. The maximum absolute atomic E-state index is 12.6. The number of likely N-dealkylation sites (N-methyl/N-ethyl adjacent to an activating group) is 1. The fourth-order valence-corrected chi connectivity index (χ4v) is 7.42. The van der Waals surface area contributed by atoms with Gasteiger partial charge in [0.15, 0.2) is 6.29 Å². The quantitative estimate of drug-likeness (QED) is 0.0413. The molecule has 0 unspecified atom stereocenters. The van der Waals surface area contributed by atoms with E-state index in [1.54, 1.807) is 12.1 Å². The van der Waals surface area contributed by atoms with E-state index in [2.05, 4.69) is 39.8 Å². The second-order valence-electron chi connectivity index (χ2n) is 15.5. The number of aliphatic hydroxyl groups excluding tert-OH is 2. The predicted octanol–water partition coefficient (Wildman–Crippen LogP) is 8.62. The first kappa shape index (κ1) is 43.2. The van der Waals surface area contributed by atoms with Crippen molar-refractivity contribution >= 4 is 23.2 Å². The van der Waals surface area contributed by atoms with Crippen LogP contribution in [0.25, 0.3) is 11.1 Å². The number of nitrogens with two attached hydrogens (primary N) is 1. The summed E-state index contributed by atoms with van der Waals surface area (Å²) < 4.78 is 13.2. The summed E-state index contributed by atoms with van der Waals surface area (Å²) in [7, 11) is 2.02. The van der Waals surface area contributed by atoms with Gasteiger partial charge in [0, 0.05) is 44.0 Å². The number of rotatable bonds is 19. The monoisotopic (exact) mass is 798 g/mol. The molecule has 5 aromatic carbocycles. The summed E-state index contributed by atoms with van der Waals surface area (Å²) in [5.74, 6) is -0.0411. The smallest absolute Gasteiger partial charge is 0.224 e. The summed E-state index contributed by atoms with van der Waals surface area (Å²) >= 11 is 0. The van der Waals surface area contributed by atoms with E-state index in [9.17, 15) is 19.8 Å². The van der Waals surface area contributed by atoms with E-state index in [0.29, 0.717) is 43.7 Å². The van der Waals surface area contributed by atoms with Gasteiger partial charge < -0.3 is 36.1 Å². The van der Waals surface area contributed by atoms with Gasteiger partial charge in [-0.15, -0.1) is 0 Å². The summed E-state index contributed by atoms with van der Waals surface area (Å²) in [5.41, 5.74) is 13.8. The standard InChI is InChI=1S/C49H58N4O6/c1-34(48(57)39-14-6-5-7-15-39)53(2)32-42-30-45(38-23-21-35(33-54)22-24-38)59-49(58-42)40-27-25-37(26-28-40)41-16-12-13-36(29-41)31-51-46(55)19-8-3-4-9-20-47(56)52-44-18-11-10-17-43(44)50/h5-7,10-18,21-29,34,42,45,48-49,54,57H,3-4,8-9,19-20,30-33,50H2,1-2H3,(H,51,55)(H,52,56)/t34-,42-,45+,48-,49+/m1/s1. The molecule has 0 saturated carbocycles. The van der Waals surface area contributed by atoms with E-state index in [1.165, 1.54) is 0 Å². The lowest BCUT2D eigenvalue weighted by atomic mass is 9.98. The van der Waals surface area contributed by atoms with Crippen LogP contribution in [-0.4, -0.2) is 52.7 Å². The highest BCUT2D eigenvalue weighted by molar-refractivity contribution is 5.93. The van der Waals surface area contributed by atoms with Gasteiger partial charge in [0.25, 0.3) is 0 Å². The Hall–Kier alpha value is -5.36. The van der Waals surface area contributed by atoms with E-state index in [-0.39, 0.29) is 36.7 Å². The first-order chi connectivity index (χ1) is 28.7. The van der Waals surface area contributed by atoms with Gasteiger partial charge in [-0.1, -0.05) is 122 Å². The fraction of sp³-hybridized carbons (Fsp3) is 0.347. The van der Waals surface area contributed by atoms with Crippen LogP contribution in [-0.2, 0) is 32.2 Å². The number of ether oxygens (including phenoxy) is 2. The highest BCUT2D eigenvalue weighted by atomic mass is 16.7. The number of nitrogen functional groups attached to an aromatic ring is 1. The van der Waals surface area contributed by atoms with E-state index >= 15 is 0 Å². The van der Waals surface area contributed by atoms with Crippen molar-refractivity contribution in [2.45, 2.75) is 95.7 Å². The Kier molecular flexibility index (Phi) is 15.8. The van der Waals surface area contributed by atoms with Crippen LogP contribution in [0.3, 0.4) is 0 Å². The number of hydrogen-bond acceptors (Lipinski definition) is 8. The number of hydrogen-bond donors (Lipinski definition) is 5. The number of nitrogens with one attached hydrogen (secondary N) is 2. The van der Waals surface area contributed by atoms with E-state index < -0.39 is 12.4 Å². The average molecular weight is 799 g/mol. The molecule has 10 nitrogen and oxygen atoms in total. The van der Waals surface area contributed by atoms with Crippen LogP contribution in [0.1, 0.15) is 98.2 Å². The molecular weight excluding hydrogens is 741 g/mol. The lowest BCUT2D eigenvalue weighted by Crippen LogP contribution is -2.43. The summed E-state index contributed by atoms with van der Waals surface area (Å²) in [6.07, 6.45) is 3.15. The first-order valence-electron chi connectivity index (χ1n) is 20.7. The summed E-state index contributed by atoms with van der Waals surface area (Å²) in [4.78, 5) is 27.0. The van der Waals surface area contributed by atoms with Gasteiger partial charge >= 0.3 is 0 Å². The minimum atomic E-state index is -0.642.